The first-order valence-electron chi connectivity index (χ1n) is 6.77. The second-order valence-corrected chi connectivity index (χ2v) is 5.82. The molecule has 1 fully saturated rings. The molecule has 1 aromatic rings. The van der Waals surface area contributed by atoms with Gasteiger partial charge < -0.3 is 10.4 Å². The first-order chi connectivity index (χ1) is 9.77. The lowest BCUT2D eigenvalue weighted by molar-refractivity contribution is 0.0690. The van der Waals surface area contributed by atoms with Gasteiger partial charge in [0.15, 0.2) is 11.6 Å². The number of carbonyl (C=O) groups is 2. The summed E-state index contributed by atoms with van der Waals surface area (Å²) in [4.78, 5) is 23.1. The Kier molecular flexibility index (Phi) is 3.98. The summed E-state index contributed by atoms with van der Waals surface area (Å²) in [6.45, 7) is 4.51. The van der Waals surface area contributed by atoms with Gasteiger partial charge in [0.1, 0.15) is 0 Å². The average molecular weight is 297 g/mol. The lowest BCUT2D eigenvalue weighted by atomic mass is 9.92. The van der Waals surface area contributed by atoms with Crippen molar-refractivity contribution in [2.45, 2.75) is 26.7 Å². The number of carboxylic acid groups (broad SMARTS) is 1. The van der Waals surface area contributed by atoms with Crippen LogP contribution >= 0.6 is 0 Å². The summed E-state index contributed by atoms with van der Waals surface area (Å²) < 4.78 is 26.4. The number of rotatable bonds is 5. The van der Waals surface area contributed by atoms with E-state index in [1.54, 1.807) is 0 Å². The van der Waals surface area contributed by atoms with Gasteiger partial charge in [0, 0.05) is 6.54 Å². The van der Waals surface area contributed by atoms with Crippen molar-refractivity contribution in [1.29, 1.82) is 0 Å². The maximum Gasteiger partial charge on any atom is 0.336 e. The third-order valence-corrected chi connectivity index (χ3v) is 4.25. The molecule has 1 amide bonds. The Morgan fingerprint density at radius 1 is 1.24 bits per heavy atom. The van der Waals surface area contributed by atoms with E-state index in [4.69, 9.17) is 5.11 Å². The minimum absolute atomic E-state index is 0.0393. The number of carboxylic acids is 1. The van der Waals surface area contributed by atoms with E-state index in [1.165, 1.54) is 0 Å². The molecule has 0 heterocycles. The summed E-state index contributed by atoms with van der Waals surface area (Å²) in [5, 5.41) is 11.6. The maximum atomic E-state index is 13.2. The van der Waals surface area contributed by atoms with E-state index in [9.17, 15) is 18.4 Å². The monoisotopic (exact) mass is 297 g/mol. The van der Waals surface area contributed by atoms with E-state index in [1.807, 2.05) is 0 Å². The van der Waals surface area contributed by atoms with E-state index in [0.717, 1.165) is 12.8 Å². The molecular formula is C15H17F2NO3. The summed E-state index contributed by atoms with van der Waals surface area (Å²) in [6, 6.07) is 1.16. The molecule has 2 rings (SSSR count). The van der Waals surface area contributed by atoms with Crippen LogP contribution in [0.1, 0.15) is 47.4 Å². The Hall–Kier alpha value is -1.98. The molecule has 0 atom stereocenters. The van der Waals surface area contributed by atoms with Gasteiger partial charge in [-0.3, -0.25) is 4.79 Å². The largest absolute Gasteiger partial charge is 0.478 e. The highest BCUT2D eigenvalue weighted by Crippen LogP contribution is 2.51. The topological polar surface area (TPSA) is 66.4 Å². The van der Waals surface area contributed by atoms with E-state index in [0.29, 0.717) is 24.6 Å². The minimum Gasteiger partial charge on any atom is -0.478 e. The molecule has 114 valence electrons. The van der Waals surface area contributed by atoms with Gasteiger partial charge in [0.05, 0.1) is 11.1 Å². The zero-order valence-electron chi connectivity index (χ0n) is 11.9. The van der Waals surface area contributed by atoms with Gasteiger partial charge >= 0.3 is 5.97 Å². The number of amides is 1. The van der Waals surface area contributed by atoms with Gasteiger partial charge in [-0.05, 0) is 36.3 Å². The smallest absolute Gasteiger partial charge is 0.336 e. The molecule has 1 aliphatic rings. The van der Waals surface area contributed by atoms with E-state index >= 15 is 0 Å². The highest BCUT2D eigenvalue weighted by molar-refractivity contribution is 6.04. The number of nitrogens with one attached hydrogen (secondary N) is 1. The molecule has 0 aliphatic heterocycles. The van der Waals surface area contributed by atoms with Crippen LogP contribution in [-0.4, -0.2) is 23.5 Å². The molecule has 6 heteroatoms. The number of aromatic carboxylic acids is 1. The van der Waals surface area contributed by atoms with Crippen LogP contribution in [-0.2, 0) is 0 Å². The zero-order chi connectivity index (χ0) is 15.8. The van der Waals surface area contributed by atoms with E-state index < -0.39 is 29.1 Å². The van der Waals surface area contributed by atoms with Crippen molar-refractivity contribution in [3.63, 3.8) is 0 Å². The highest BCUT2D eigenvalue weighted by Gasteiger charge is 2.45. The van der Waals surface area contributed by atoms with Gasteiger partial charge in [0.25, 0.3) is 5.91 Å². The van der Waals surface area contributed by atoms with E-state index in [-0.39, 0.29) is 11.0 Å². The van der Waals surface area contributed by atoms with Gasteiger partial charge in [0.2, 0.25) is 0 Å². The van der Waals surface area contributed by atoms with Crippen molar-refractivity contribution >= 4 is 11.9 Å². The molecule has 0 aromatic heterocycles. The number of hydrogen-bond donors (Lipinski definition) is 2. The summed E-state index contributed by atoms with van der Waals surface area (Å²) in [6.07, 6.45) is 1.99. The lowest BCUT2D eigenvalue weighted by Gasteiger charge is -2.20. The van der Waals surface area contributed by atoms with Crippen molar-refractivity contribution in [3.8, 4) is 0 Å². The van der Waals surface area contributed by atoms with Crippen molar-refractivity contribution in [1.82, 2.24) is 5.32 Å². The fourth-order valence-corrected chi connectivity index (χ4v) is 2.38. The van der Waals surface area contributed by atoms with Crippen LogP contribution < -0.4 is 5.32 Å². The van der Waals surface area contributed by atoms with Gasteiger partial charge in [-0.1, -0.05) is 13.8 Å². The van der Waals surface area contributed by atoms with Crippen molar-refractivity contribution < 1.29 is 23.5 Å². The standard InChI is InChI=1S/C15H17F2NO3/c1-8(2)15(3-4-15)7-18-13(19)9-5-11(16)12(17)6-10(9)14(20)21/h5-6,8H,3-4,7H2,1-2H3,(H,18,19)(H,20,21). The van der Waals surface area contributed by atoms with Crippen LogP contribution in [0.5, 0.6) is 0 Å². The number of hydrogen-bond acceptors (Lipinski definition) is 2. The summed E-state index contributed by atoms with van der Waals surface area (Å²) >= 11 is 0. The Bertz CT molecular complexity index is 595. The van der Waals surface area contributed by atoms with Crippen LogP contribution in [0.3, 0.4) is 0 Å². The molecule has 21 heavy (non-hydrogen) atoms. The van der Waals surface area contributed by atoms with Crippen LogP contribution in [0.4, 0.5) is 8.78 Å². The molecular weight excluding hydrogens is 280 g/mol. The molecule has 4 nitrogen and oxygen atoms in total. The van der Waals surface area contributed by atoms with Crippen LogP contribution in [0.15, 0.2) is 12.1 Å². The SMILES string of the molecule is CC(C)C1(CNC(=O)c2cc(F)c(F)cc2C(=O)O)CC1. The Labute approximate surface area is 121 Å². The van der Waals surface area contributed by atoms with Gasteiger partial charge in [-0.15, -0.1) is 0 Å². The van der Waals surface area contributed by atoms with Crippen molar-refractivity contribution in [3.05, 3.63) is 34.9 Å². The number of halogens is 2. The second kappa shape index (κ2) is 5.42. The molecule has 0 bridgehead atoms. The summed E-state index contributed by atoms with van der Waals surface area (Å²) in [5.41, 5.74) is -0.862. The lowest BCUT2D eigenvalue weighted by Crippen LogP contribution is -2.33. The Morgan fingerprint density at radius 2 is 1.76 bits per heavy atom. The Balaban J connectivity index is 2.19. The molecule has 0 spiro atoms. The molecule has 1 saturated carbocycles. The molecule has 1 aromatic carbocycles. The quantitative estimate of drug-likeness (QED) is 0.878. The summed E-state index contributed by atoms with van der Waals surface area (Å²) in [7, 11) is 0. The third-order valence-electron chi connectivity index (χ3n) is 4.25. The highest BCUT2D eigenvalue weighted by atomic mass is 19.2. The second-order valence-electron chi connectivity index (χ2n) is 5.82. The summed E-state index contributed by atoms with van der Waals surface area (Å²) in [5.74, 6) is -4.30. The molecule has 2 N–H and O–H groups in total. The number of benzene rings is 1. The van der Waals surface area contributed by atoms with Crippen LogP contribution in [0, 0.1) is 23.0 Å². The van der Waals surface area contributed by atoms with Crippen LogP contribution in [0.25, 0.3) is 0 Å². The van der Waals surface area contributed by atoms with Crippen LogP contribution in [0.2, 0.25) is 0 Å². The predicted octanol–water partition coefficient (Wildman–Crippen LogP) is 2.83. The molecule has 0 saturated heterocycles. The molecule has 0 radical (unpaired) electrons. The average Bonchev–Trinajstić information content (AvgIpc) is 3.19. The van der Waals surface area contributed by atoms with Crippen molar-refractivity contribution in [2.75, 3.05) is 6.54 Å². The molecule has 1 aliphatic carbocycles. The third kappa shape index (κ3) is 3.04. The van der Waals surface area contributed by atoms with Gasteiger partial charge in [-0.25, -0.2) is 13.6 Å². The fourth-order valence-electron chi connectivity index (χ4n) is 2.38. The fraction of sp³-hybridized carbons (Fsp3) is 0.467. The normalized spacial score (nSPS) is 15.9. The molecule has 0 unspecified atom stereocenters. The van der Waals surface area contributed by atoms with Gasteiger partial charge in [-0.2, -0.15) is 0 Å². The minimum atomic E-state index is -1.47. The Morgan fingerprint density at radius 3 is 2.19 bits per heavy atom. The predicted molar refractivity (Wildman–Crippen MR) is 72.2 cm³/mol. The van der Waals surface area contributed by atoms with E-state index in [2.05, 4.69) is 19.2 Å². The van der Waals surface area contributed by atoms with Crippen molar-refractivity contribution in [2.24, 2.45) is 11.3 Å². The first kappa shape index (κ1) is 15.4. The zero-order valence-corrected chi connectivity index (χ0v) is 11.9. The maximum absolute atomic E-state index is 13.2. The number of carbonyl (C=O) groups excluding carboxylic acids is 1. The first-order valence-corrected chi connectivity index (χ1v) is 6.77.